The van der Waals surface area contributed by atoms with Crippen LogP contribution in [0.15, 0.2) is 48.0 Å². The molecule has 2 amide bonds. The first-order valence-electron chi connectivity index (χ1n) is 10.8. The number of anilines is 2. The Kier molecular flexibility index (Phi) is 6.85. The lowest BCUT2D eigenvalue weighted by atomic mass is 10.0. The molecule has 4 rings (SSSR count). The van der Waals surface area contributed by atoms with Crippen molar-refractivity contribution in [1.29, 1.82) is 0 Å². The van der Waals surface area contributed by atoms with Crippen LogP contribution in [0.2, 0.25) is 0 Å². The van der Waals surface area contributed by atoms with Crippen molar-refractivity contribution in [2.24, 2.45) is 0 Å². The Bertz CT molecular complexity index is 1190. The fraction of sp³-hybridized carbons (Fsp3) is 0.261. The zero-order valence-corrected chi connectivity index (χ0v) is 19.3. The number of nitrogens with zero attached hydrogens (tertiary/aromatic N) is 3. The molecule has 2 saturated heterocycles. The van der Waals surface area contributed by atoms with E-state index in [1.54, 1.807) is 30.3 Å². The molecule has 2 aromatic carbocycles. The third-order valence-electron chi connectivity index (χ3n) is 5.49. The number of amides is 2. The van der Waals surface area contributed by atoms with Crippen LogP contribution in [0.4, 0.5) is 17.1 Å². The van der Waals surface area contributed by atoms with E-state index in [-0.39, 0.29) is 16.4 Å². The standard InChI is InChI=1S/C23H23N5O5S/c1-2-33-20-6-4-3-5-19(20)27-22(30)17(21(29)25-23(27)34)14-15-13-16(28(31)32)7-8-18(15)26-11-9-24-10-12-26/h3-8,13-14,24H,2,9-12H2,1H3,(H,25,29,34)/b17-14-. The summed E-state index contributed by atoms with van der Waals surface area (Å²) in [4.78, 5) is 40.5. The molecule has 0 atom stereocenters. The third kappa shape index (κ3) is 4.61. The Labute approximate surface area is 201 Å². The molecule has 0 radical (unpaired) electrons. The van der Waals surface area contributed by atoms with Gasteiger partial charge in [-0.1, -0.05) is 12.1 Å². The molecule has 176 valence electrons. The van der Waals surface area contributed by atoms with E-state index >= 15 is 0 Å². The summed E-state index contributed by atoms with van der Waals surface area (Å²) in [7, 11) is 0. The predicted octanol–water partition coefficient (Wildman–Crippen LogP) is 2.23. The van der Waals surface area contributed by atoms with Crippen molar-refractivity contribution in [3.63, 3.8) is 0 Å². The Balaban J connectivity index is 1.79. The Morgan fingerprint density at radius 1 is 1.15 bits per heavy atom. The molecule has 2 aliphatic rings. The maximum Gasteiger partial charge on any atom is 0.270 e. The Hall–Kier alpha value is -3.83. The Morgan fingerprint density at radius 3 is 2.59 bits per heavy atom. The molecule has 11 heteroatoms. The molecule has 34 heavy (non-hydrogen) atoms. The van der Waals surface area contributed by atoms with Gasteiger partial charge in [0.15, 0.2) is 5.11 Å². The summed E-state index contributed by atoms with van der Waals surface area (Å²) in [6.45, 7) is 5.08. The number of non-ortho nitro benzene ring substituents is 1. The normalized spacial score (nSPS) is 17.7. The molecular formula is C23H23N5O5S. The topological polar surface area (TPSA) is 117 Å². The van der Waals surface area contributed by atoms with E-state index in [9.17, 15) is 19.7 Å². The van der Waals surface area contributed by atoms with Gasteiger partial charge in [0.05, 0.1) is 17.2 Å². The molecule has 2 aliphatic heterocycles. The van der Waals surface area contributed by atoms with Crippen LogP contribution >= 0.6 is 12.2 Å². The van der Waals surface area contributed by atoms with Crippen LogP contribution in [-0.4, -0.2) is 54.6 Å². The van der Waals surface area contributed by atoms with Gasteiger partial charge in [0, 0.05) is 49.6 Å². The van der Waals surface area contributed by atoms with Gasteiger partial charge < -0.3 is 15.0 Å². The van der Waals surface area contributed by atoms with E-state index in [4.69, 9.17) is 17.0 Å². The highest BCUT2D eigenvalue weighted by atomic mass is 32.1. The molecule has 2 fully saturated rings. The van der Waals surface area contributed by atoms with E-state index in [0.29, 0.717) is 42.4 Å². The molecule has 0 aliphatic carbocycles. The van der Waals surface area contributed by atoms with E-state index in [2.05, 4.69) is 15.5 Å². The molecule has 0 aromatic heterocycles. The van der Waals surface area contributed by atoms with Gasteiger partial charge in [-0.25, -0.2) is 4.90 Å². The number of nitro benzene ring substituents is 1. The number of rotatable bonds is 6. The van der Waals surface area contributed by atoms with Gasteiger partial charge in [0.1, 0.15) is 11.3 Å². The lowest BCUT2D eigenvalue weighted by Crippen LogP contribution is -2.54. The fourth-order valence-corrected chi connectivity index (χ4v) is 4.19. The average molecular weight is 482 g/mol. The quantitative estimate of drug-likeness (QED) is 0.212. The number of piperazine rings is 1. The van der Waals surface area contributed by atoms with Gasteiger partial charge in [-0.2, -0.15) is 0 Å². The number of nitrogens with one attached hydrogen (secondary N) is 2. The van der Waals surface area contributed by atoms with Gasteiger partial charge in [-0.3, -0.25) is 25.0 Å². The molecule has 10 nitrogen and oxygen atoms in total. The van der Waals surface area contributed by atoms with Gasteiger partial charge in [-0.05, 0) is 43.4 Å². The van der Waals surface area contributed by atoms with Crippen LogP contribution in [0.5, 0.6) is 5.75 Å². The number of hydrogen-bond donors (Lipinski definition) is 2. The lowest BCUT2D eigenvalue weighted by Gasteiger charge is -2.32. The van der Waals surface area contributed by atoms with Crippen LogP contribution in [0, 0.1) is 10.1 Å². The van der Waals surface area contributed by atoms with Crippen molar-refractivity contribution in [3.8, 4) is 5.75 Å². The first kappa shape index (κ1) is 23.3. The second-order valence-electron chi connectivity index (χ2n) is 7.60. The van der Waals surface area contributed by atoms with Gasteiger partial charge in [0.2, 0.25) is 0 Å². The summed E-state index contributed by atoms with van der Waals surface area (Å²) >= 11 is 5.29. The molecule has 2 N–H and O–H groups in total. The Morgan fingerprint density at radius 2 is 1.88 bits per heavy atom. The summed E-state index contributed by atoms with van der Waals surface area (Å²) in [5, 5.41) is 17.2. The van der Waals surface area contributed by atoms with Gasteiger partial charge in [-0.15, -0.1) is 0 Å². The number of hydrogen-bond acceptors (Lipinski definition) is 8. The number of benzene rings is 2. The van der Waals surface area contributed by atoms with Crippen LogP contribution < -0.4 is 25.2 Å². The van der Waals surface area contributed by atoms with E-state index in [1.165, 1.54) is 23.1 Å². The van der Waals surface area contributed by atoms with Gasteiger partial charge >= 0.3 is 0 Å². The van der Waals surface area contributed by atoms with Crippen molar-refractivity contribution in [2.75, 3.05) is 42.6 Å². The molecule has 2 aromatic rings. The molecule has 2 heterocycles. The summed E-state index contributed by atoms with van der Waals surface area (Å²) < 4.78 is 5.63. The minimum absolute atomic E-state index is 0.0688. The minimum Gasteiger partial charge on any atom is -0.492 e. The first-order valence-corrected chi connectivity index (χ1v) is 11.2. The lowest BCUT2D eigenvalue weighted by molar-refractivity contribution is -0.384. The summed E-state index contributed by atoms with van der Waals surface area (Å²) in [6.07, 6.45) is 1.39. The van der Waals surface area contributed by atoms with Crippen molar-refractivity contribution in [1.82, 2.24) is 10.6 Å². The van der Waals surface area contributed by atoms with Crippen molar-refractivity contribution in [3.05, 3.63) is 63.7 Å². The smallest absolute Gasteiger partial charge is 0.270 e. The summed E-state index contributed by atoms with van der Waals surface area (Å²) in [6, 6.07) is 11.3. The molecule has 0 bridgehead atoms. The first-order chi connectivity index (χ1) is 16.4. The SMILES string of the molecule is CCOc1ccccc1N1C(=O)/C(=C\c2cc([N+](=O)[O-])ccc2N2CCNCC2)C(=O)NC1=S. The van der Waals surface area contributed by atoms with E-state index < -0.39 is 16.7 Å². The highest BCUT2D eigenvalue weighted by Crippen LogP contribution is 2.33. The van der Waals surface area contributed by atoms with Gasteiger partial charge in [0.25, 0.3) is 17.5 Å². The van der Waals surface area contributed by atoms with Crippen molar-refractivity contribution in [2.45, 2.75) is 6.92 Å². The summed E-state index contributed by atoms with van der Waals surface area (Å²) in [5.74, 6) is -0.871. The van der Waals surface area contributed by atoms with Crippen LogP contribution in [0.25, 0.3) is 6.08 Å². The zero-order chi connectivity index (χ0) is 24.2. The third-order valence-corrected chi connectivity index (χ3v) is 5.77. The predicted molar refractivity (Wildman–Crippen MR) is 132 cm³/mol. The van der Waals surface area contributed by atoms with Crippen molar-refractivity contribution >= 4 is 52.3 Å². The number of ether oxygens (including phenoxy) is 1. The molecule has 0 unspecified atom stereocenters. The highest BCUT2D eigenvalue weighted by molar-refractivity contribution is 7.80. The van der Waals surface area contributed by atoms with Crippen LogP contribution in [-0.2, 0) is 9.59 Å². The number of nitro groups is 1. The number of para-hydroxylation sites is 2. The van der Waals surface area contributed by atoms with Crippen molar-refractivity contribution < 1.29 is 19.2 Å². The molecule has 0 saturated carbocycles. The zero-order valence-electron chi connectivity index (χ0n) is 18.4. The molecule has 0 spiro atoms. The van der Waals surface area contributed by atoms with Crippen LogP contribution in [0.3, 0.4) is 0 Å². The molecular weight excluding hydrogens is 458 g/mol. The summed E-state index contributed by atoms with van der Waals surface area (Å²) in [5.41, 5.74) is 1.18. The monoisotopic (exact) mass is 481 g/mol. The number of thiocarbonyl (C=S) groups is 1. The number of carbonyl (C=O) groups excluding carboxylic acids is 2. The van der Waals surface area contributed by atoms with Crippen LogP contribution in [0.1, 0.15) is 12.5 Å². The largest absolute Gasteiger partial charge is 0.492 e. The fourth-order valence-electron chi connectivity index (χ4n) is 3.92. The van der Waals surface area contributed by atoms with E-state index in [1.807, 2.05) is 6.92 Å². The maximum absolute atomic E-state index is 13.5. The number of carbonyl (C=O) groups is 2. The minimum atomic E-state index is -0.669. The second-order valence-corrected chi connectivity index (χ2v) is 7.98. The maximum atomic E-state index is 13.5. The second kappa shape index (κ2) is 9.98. The van der Waals surface area contributed by atoms with E-state index in [0.717, 1.165) is 13.1 Å². The average Bonchev–Trinajstić information content (AvgIpc) is 2.83. The highest BCUT2D eigenvalue weighted by Gasteiger charge is 2.36.